The van der Waals surface area contributed by atoms with Gasteiger partial charge >= 0.3 is 0 Å². The summed E-state index contributed by atoms with van der Waals surface area (Å²) in [6, 6.07) is 19.6. The van der Waals surface area contributed by atoms with Gasteiger partial charge in [0.15, 0.2) is 17.3 Å². The van der Waals surface area contributed by atoms with Crippen LogP contribution in [-0.4, -0.2) is 21.7 Å². The zero-order valence-electron chi connectivity index (χ0n) is 14.4. The maximum absolute atomic E-state index is 5.45. The van der Waals surface area contributed by atoms with Crippen molar-refractivity contribution in [3.8, 4) is 23.0 Å². The first-order valence-corrected chi connectivity index (χ1v) is 8.67. The smallest absolute Gasteiger partial charge is 0.231 e. The summed E-state index contributed by atoms with van der Waals surface area (Å²) >= 11 is 0. The first-order chi connectivity index (χ1) is 13.4. The van der Waals surface area contributed by atoms with Crippen molar-refractivity contribution < 1.29 is 9.47 Å². The Bertz CT molecular complexity index is 1120. The Balaban J connectivity index is 1.50. The second kappa shape index (κ2) is 6.57. The summed E-state index contributed by atoms with van der Waals surface area (Å²) in [4.78, 5) is 13.7. The van der Waals surface area contributed by atoms with E-state index in [1.54, 1.807) is 6.20 Å². The molecule has 6 nitrogen and oxygen atoms in total. The van der Waals surface area contributed by atoms with E-state index >= 15 is 0 Å². The number of ether oxygens (including phenoxy) is 2. The summed E-state index contributed by atoms with van der Waals surface area (Å²) in [6.45, 7) is 0.884. The SMILES string of the molecule is c1ccc(-c2nc(NCc3ccc4c(c3)OCO4)c3ccccc3n2)nc1. The van der Waals surface area contributed by atoms with Crippen molar-refractivity contribution in [1.29, 1.82) is 0 Å². The summed E-state index contributed by atoms with van der Waals surface area (Å²) < 4.78 is 10.8. The van der Waals surface area contributed by atoms with Gasteiger partial charge in [-0.1, -0.05) is 24.3 Å². The minimum Gasteiger partial charge on any atom is -0.454 e. The third-order valence-electron chi connectivity index (χ3n) is 4.39. The average molecular weight is 356 g/mol. The second-order valence-electron chi connectivity index (χ2n) is 6.17. The van der Waals surface area contributed by atoms with Gasteiger partial charge in [-0.15, -0.1) is 0 Å². The normalized spacial score (nSPS) is 12.3. The van der Waals surface area contributed by atoms with Crippen LogP contribution in [0.4, 0.5) is 5.82 Å². The molecule has 6 heteroatoms. The molecule has 1 N–H and O–H groups in total. The Hall–Kier alpha value is -3.67. The molecule has 2 aromatic heterocycles. The second-order valence-corrected chi connectivity index (χ2v) is 6.17. The van der Waals surface area contributed by atoms with Crippen LogP contribution < -0.4 is 14.8 Å². The van der Waals surface area contributed by atoms with E-state index in [0.29, 0.717) is 12.4 Å². The van der Waals surface area contributed by atoms with E-state index in [4.69, 9.17) is 14.5 Å². The van der Waals surface area contributed by atoms with Gasteiger partial charge in [0.2, 0.25) is 6.79 Å². The fourth-order valence-electron chi connectivity index (χ4n) is 3.06. The minimum absolute atomic E-state index is 0.274. The summed E-state index contributed by atoms with van der Waals surface area (Å²) in [7, 11) is 0. The molecule has 0 aliphatic carbocycles. The van der Waals surface area contributed by atoms with Gasteiger partial charge in [-0.2, -0.15) is 0 Å². The van der Waals surface area contributed by atoms with Gasteiger partial charge in [0.25, 0.3) is 0 Å². The molecule has 0 radical (unpaired) electrons. The number of benzene rings is 2. The molecular formula is C21H16N4O2. The molecule has 0 unspecified atom stereocenters. The number of pyridine rings is 1. The zero-order valence-corrected chi connectivity index (χ0v) is 14.4. The standard InChI is InChI=1S/C21H16N4O2/c1-2-6-16-15(5-1)20(25-21(24-16)17-7-3-4-10-22-17)23-12-14-8-9-18-19(11-14)27-13-26-18/h1-11H,12-13H2,(H,23,24,25). The Labute approximate surface area is 155 Å². The van der Waals surface area contributed by atoms with Gasteiger partial charge in [-0.25, -0.2) is 9.97 Å². The number of rotatable bonds is 4. The van der Waals surface area contributed by atoms with Crippen LogP contribution in [0.1, 0.15) is 5.56 Å². The first-order valence-electron chi connectivity index (χ1n) is 8.67. The molecule has 0 amide bonds. The van der Waals surface area contributed by atoms with E-state index in [1.807, 2.05) is 60.7 Å². The Kier molecular flexibility index (Phi) is 3.79. The fourth-order valence-corrected chi connectivity index (χ4v) is 3.06. The van der Waals surface area contributed by atoms with Crippen molar-refractivity contribution >= 4 is 16.7 Å². The highest BCUT2D eigenvalue weighted by Crippen LogP contribution is 2.33. The Morgan fingerprint density at radius 3 is 2.70 bits per heavy atom. The van der Waals surface area contributed by atoms with E-state index < -0.39 is 0 Å². The van der Waals surface area contributed by atoms with Crippen molar-refractivity contribution in [2.45, 2.75) is 6.54 Å². The molecule has 1 aliphatic rings. The molecule has 3 heterocycles. The van der Waals surface area contributed by atoms with E-state index in [-0.39, 0.29) is 6.79 Å². The van der Waals surface area contributed by atoms with Crippen LogP contribution in [0.5, 0.6) is 11.5 Å². The van der Waals surface area contributed by atoms with Crippen LogP contribution in [0, 0.1) is 0 Å². The zero-order chi connectivity index (χ0) is 18.1. The van der Waals surface area contributed by atoms with E-state index in [9.17, 15) is 0 Å². The molecule has 0 bridgehead atoms. The highest BCUT2D eigenvalue weighted by molar-refractivity contribution is 5.90. The lowest BCUT2D eigenvalue weighted by Gasteiger charge is -2.11. The van der Waals surface area contributed by atoms with Crippen LogP contribution in [0.2, 0.25) is 0 Å². The average Bonchev–Trinajstić information content (AvgIpc) is 3.20. The molecule has 0 saturated heterocycles. The lowest BCUT2D eigenvalue weighted by Crippen LogP contribution is -2.04. The van der Waals surface area contributed by atoms with Crippen molar-refractivity contribution in [1.82, 2.24) is 15.0 Å². The van der Waals surface area contributed by atoms with Crippen molar-refractivity contribution in [2.24, 2.45) is 0 Å². The van der Waals surface area contributed by atoms with Crippen LogP contribution in [-0.2, 0) is 6.54 Å². The predicted octanol–water partition coefficient (Wildman–Crippen LogP) is 4.03. The van der Waals surface area contributed by atoms with E-state index in [1.165, 1.54) is 0 Å². The number of hydrogen-bond acceptors (Lipinski definition) is 6. The first kappa shape index (κ1) is 15.6. The van der Waals surface area contributed by atoms with Crippen LogP contribution >= 0.6 is 0 Å². The number of para-hydroxylation sites is 1. The summed E-state index contributed by atoms with van der Waals surface area (Å²) in [5.74, 6) is 2.93. The van der Waals surface area contributed by atoms with E-state index in [0.717, 1.165) is 39.5 Å². The Morgan fingerprint density at radius 1 is 0.889 bits per heavy atom. The van der Waals surface area contributed by atoms with Crippen molar-refractivity contribution in [3.05, 3.63) is 72.4 Å². The largest absolute Gasteiger partial charge is 0.454 e. The van der Waals surface area contributed by atoms with Crippen LogP contribution in [0.25, 0.3) is 22.4 Å². The topological polar surface area (TPSA) is 69.2 Å². The monoisotopic (exact) mass is 356 g/mol. The molecule has 0 atom stereocenters. The summed E-state index contributed by atoms with van der Waals surface area (Å²) in [5.41, 5.74) is 2.71. The number of nitrogens with zero attached hydrogens (tertiary/aromatic N) is 3. The number of aromatic nitrogens is 3. The molecule has 2 aromatic carbocycles. The third kappa shape index (κ3) is 3.01. The van der Waals surface area contributed by atoms with Gasteiger partial charge in [-0.3, -0.25) is 4.98 Å². The van der Waals surface area contributed by atoms with Gasteiger partial charge in [0, 0.05) is 18.1 Å². The number of fused-ring (bicyclic) bond motifs is 2. The maximum Gasteiger partial charge on any atom is 0.231 e. The number of hydrogen-bond donors (Lipinski definition) is 1. The number of nitrogens with one attached hydrogen (secondary N) is 1. The quantitative estimate of drug-likeness (QED) is 0.595. The molecule has 27 heavy (non-hydrogen) atoms. The molecule has 1 aliphatic heterocycles. The fraction of sp³-hybridized carbons (Fsp3) is 0.0952. The molecule has 0 fully saturated rings. The molecule has 0 saturated carbocycles. The lowest BCUT2D eigenvalue weighted by molar-refractivity contribution is 0.174. The molecular weight excluding hydrogens is 340 g/mol. The van der Waals surface area contributed by atoms with Crippen molar-refractivity contribution in [2.75, 3.05) is 12.1 Å². The van der Waals surface area contributed by atoms with Gasteiger partial charge < -0.3 is 14.8 Å². The summed E-state index contributed by atoms with van der Waals surface area (Å²) in [5, 5.41) is 4.40. The predicted molar refractivity (Wildman–Crippen MR) is 103 cm³/mol. The molecule has 4 aromatic rings. The van der Waals surface area contributed by atoms with Gasteiger partial charge in [0.1, 0.15) is 11.5 Å². The number of anilines is 1. The highest BCUT2D eigenvalue weighted by Gasteiger charge is 2.14. The summed E-state index contributed by atoms with van der Waals surface area (Å²) in [6.07, 6.45) is 1.74. The highest BCUT2D eigenvalue weighted by atomic mass is 16.7. The minimum atomic E-state index is 0.274. The van der Waals surface area contributed by atoms with Gasteiger partial charge in [0.05, 0.1) is 5.52 Å². The molecule has 5 rings (SSSR count). The molecule has 132 valence electrons. The third-order valence-corrected chi connectivity index (χ3v) is 4.39. The molecule has 0 spiro atoms. The van der Waals surface area contributed by atoms with E-state index in [2.05, 4.69) is 15.3 Å². The Morgan fingerprint density at radius 2 is 1.78 bits per heavy atom. The van der Waals surface area contributed by atoms with Gasteiger partial charge in [-0.05, 0) is 42.0 Å². The van der Waals surface area contributed by atoms with Crippen molar-refractivity contribution in [3.63, 3.8) is 0 Å². The van der Waals surface area contributed by atoms with Crippen LogP contribution in [0.15, 0.2) is 66.9 Å². The maximum atomic E-state index is 5.45. The lowest BCUT2D eigenvalue weighted by atomic mass is 10.2. The van der Waals surface area contributed by atoms with Crippen LogP contribution in [0.3, 0.4) is 0 Å².